The maximum Gasteiger partial charge on any atom is 0.172 e. The standard InChI is InChI=1S/C15H29NO3/c1-16-13(14(17-2)18-3)12-7-10-19-15(11-12)8-5-4-6-9-15/h12-14,16H,4-11H2,1-3H3. The van der Waals surface area contributed by atoms with Crippen molar-refractivity contribution in [3.63, 3.8) is 0 Å². The van der Waals surface area contributed by atoms with Crippen LogP contribution < -0.4 is 5.32 Å². The summed E-state index contributed by atoms with van der Waals surface area (Å²) in [5.41, 5.74) is 0.141. The van der Waals surface area contributed by atoms with Gasteiger partial charge >= 0.3 is 0 Å². The fraction of sp³-hybridized carbons (Fsp3) is 1.00. The Labute approximate surface area is 117 Å². The molecule has 2 rings (SSSR count). The average Bonchev–Trinajstić information content (AvgIpc) is 2.45. The molecule has 1 aliphatic heterocycles. The van der Waals surface area contributed by atoms with E-state index in [9.17, 15) is 0 Å². The third kappa shape index (κ3) is 3.48. The third-order valence-corrected chi connectivity index (χ3v) is 4.89. The highest BCUT2D eigenvalue weighted by Gasteiger charge is 2.42. The minimum absolute atomic E-state index is 0.141. The van der Waals surface area contributed by atoms with Gasteiger partial charge in [-0.05, 0) is 38.6 Å². The molecule has 1 saturated carbocycles. The fourth-order valence-corrected chi connectivity index (χ4v) is 3.90. The summed E-state index contributed by atoms with van der Waals surface area (Å²) in [6.07, 6.45) is 8.51. The van der Waals surface area contributed by atoms with Crippen LogP contribution in [0.3, 0.4) is 0 Å². The van der Waals surface area contributed by atoms with Crippen LogP contribution in [0.2, 0.25) is 0 Å². The lowest BCUT2D eigenvalue weighted by Gasteiger charge is -2.46. The minimum Gasteiger partial charge on any atom is -0.375 e. The van der Waals surface area contributed by atoms with E-state index in [-0.39, 0.29) is 17.9 Å². The van der Waals surface area contributed by atoms with Crippen molar-refractivity contribution in [1.82, 2.24) is 5.32 Å². The van der Waals surface area contributed by atoms with Crippen molar-refractivity contribution < 1.29 is 14.2 Å². The van der Waals surface area contributed by atoms with Crippen molar-refractivity contribution in [2.24, 2.45) is 5.92 Å². The highest BCUT2D eigenvalue weighted by molar-refractivity contribution is 4.93. The van der Waals surface area contributed by atoms with Crippen LogP contribution in [0.15, 0.2) is 0 Å². The quantitative estimate of drug-likeness (QED) is 0.779. The van der Waals surface area contributed by atoms with Crippen LogP contribution >= 0.6 is 0 Å². The van der Waals surface area contributed by atoms with E-state index in [1.165, 1.54) is 32.1 Å². The summed E-state index contributed by atoms with van der Waals surface area (Å²) in [6.45, 7) is 0.878. The van der Waals surface area contributed by atoms with E-state index in [2.05, 4.69) is 5.32 Å². The van der Waals surface area contributed by atoms with E-state index in [4.69, 9.17) is 14.2 Å². The fourth-order valence-electron chi connectivity index (χ4n) is 3.90. The van der Waals surface area contributed by atoms with Crippen LogP contribution in [-0.4, -0.2) is 45.8 Å². The molecule has 2 aliphatic rings. The summed E-state index contributed by atoms with van der Waals surface area (Å²) in [7, 11) is 5.43. The van der Waals surface area contributed by atoms with Gasteiger partial charge in [0.05, 0.1) is 11.6 Å². The first-order valence-electron chi connectivity index (χ1n) is 7.61. The number of ether oxygens (including phenoxy) is 3. The maximum atomic E-state index is 6.17. The Morgan fingerprint density at radius 2 is 1.84 bits per heavy atom. The Morgan fingerprint density at radius 1 is 1.16 bits per heavy atom. The zero-order valence-corrected chi connectivity index (χ0v) is 12.6. The molecule has 0 radical (unpaired) electrons. The molecule has 4 nitrogen and oxygen atoms in total. The first kappa shape index (κ1) is 15.2. The van der Waals surface area contributed by atoms with Crippen LogP contribution in [0.5, 0.6) is 0 Å². The molecule has 0 aromatic rings. The van der Waals surface area contributed by atoms with Gasteiger partial charge in [-0.15, -0.1) is 0 Å². The molecule has 2 fully saturated rings. The van der Waals surface area contributed by atoms with Crippen molar-refractivity contribution in [3.8, 4) is 0 Å². The Kier molecular flexibility index (Phi) is 5.63. The van der Waals surface area contributed by atoms with Gasteiger partial charge in [0, 0.05) is 20.8 Å². The molecular weight excluding hydrogens is 242 g/mol. The van der Waals surface area contributed by atoms with Gasteiger partial charge in [0.15, 0.2) is 6.29 Å². The second-order valence-corrected chi connectivity index (χ2v) is 6.00. The molecule has 0 aromatic carbocycles. The molecule has 19 heavy (non-hydrogen) atoms. The zero-order chi connectivity index (χ0) is 13.7. The monoisotopic (exact) mass is 271 g/mol. The van der Waals surface area contributed by atoms with Gasteiger partial charge in [0.2, 0.25) is 0 Å². The predicted octanol–water partition coefficient (Wildman–Crippen LogP) is 2.32. The van der Waals surface area contributed by atoms with Gasteiger partial charge < -0.3 is 19.5 Å². The normalized spacial score (nSPS) is 28.7. The molecule has 112 valence electrons. The van der Waals surface area contributed by atoms with Crippen molar-refractivity contribution in [1.29, 1.82) is 0 Å². The zero-order valence-electron chi connectivity index (χ0n) is 12.6. The van der Waals surface area contributed by atoms with Gasteiger partial charge in [-0.25, -0.2) is 0 Å². The Morgan fingerprint density at radius 3 is 2.42 bits per heavy atom. The molecular formula is C15H29NO3. The first-order chi connectivity index (χ1) is 9.24. The van der Waals surface area contributed by atoms with E-state index in [0.29, 0.717) is 5.92 Å². The summed E-state index contributed by atoms with van der Waals surface area (Å²) < 4.78 is 17.1. The van der Waals surface area contributed by atoms with Crippen LogP contribution in [0.25, 0.3) is 0 Å². The molecule has 1 spiro atoms. The number of nitrogens with one attached hydrogen (secondary N) is 1. The highest BCUT2D eigenvalue weighted by Crippen LogP contribution is 2.42. The molecule has 2 unspecified atom stereocenters. The second-order valence-electron chi connectivity index (χ2n) is 6.00. The van der Waals surface area contributed by atoms with Crippen LogP contribution in [0, 0.1) is 5.92 Å². The van der Waals surface area contributed by atoms with Gasteiger partial charge in [0.1, 0.15) is 0 Å². The lowest BCUT2D eigenvalue weighted by atomic mass is 9.74. The summed E-state index contributed by atoms with van der Waals surface area (Å²) in [5, 5.41) is 3.39. The second kappa shape index (κ2) is 7.02. The maximum absolute atomic E-state index is 6.17. The van der Waals surface area contributed by atoms with Crippen LogP contribution in [0.4, 0.5) is 0 Å². The molecule has 0 bridgehead atoms. The number of methoxy groups -OCH3 is 2. The van der Waals surface area contributed by atoms with Crippen molar-refractivity contribution in [3.05, 3.63) is 0 Å². The molecule has 1 N–H and O–H groups in total. The molecule has 0 aromatic heterocycles. The van der Waals surface area contributed by atoms with Gasteiger partial charge in [-0.1, -0.05) is 19.3 Å². The van der Waals surface area contributed by atoms with Crippen molar-refractivity contribution in [2.45, 2.75) is 62.9 Å². The lowest BCUT2D eigenvalue weighted by Crippen LogP contribution is -2.52. The van der Waals surface area contributed by atoms with E-state index < -0.39 is 0 Å². The Hall–Kier alpha value is -0.160. The minimum atomic E-state index is -0.172. The molecule has 4 heteroatoms. The number of hydrogen-bond donors (Lipinski definition) is 1. The van der Waals surface area contributed by atoms with Gasteiger partial charge in [-0.3, -0.25) is 0 Å². The topological polar surface area (TPSA) is 39.7 Å². The predicted molar refractivity (Wildman–Crippen MR) is 75.1 cm³/mol. The van der Waals surface area contributed by atoms with Crippen LogP contribution in [0.1, 0.15) is 44.9 Å². The summed E-state index contributed by atoms with van der Waals surface area (Å²) in [6, 6.07) is 0.248. The third-order valence-electron chi connectivity index (χ3n) is 4.89. The van der Waals surface area contributed by atoms with Gasteiger partial charge in [0.25, 0.3) is 0 Å². The Bertz CT molecular complexity index is 257. The van der Waals surface area contributed by atoms with Crippen molar-refractivity contribution >= 4 is 0 Å². The number of likely N-dealkylation sites (N-methyl/N-ethyl adjacent to an activating group) is 1. The smallest absolute Gasteiger partial charge is 0.172 e. The lowest BCUT2D eigenvalue weighted by molar-refractivity contribution is -0.163. The number of hydrogen-bond acceptors (Lipinski definition) is 4. The van der Waals surface area contributed by atoms with Crippen molar-refractivity contribution in [2.75, 3.05) is 27.9 Å². The average molecular weight is 271 g/mol. The molecule has 1 heterocycles. The molecule has 1 saturated heterocycles. The van der Waals surface area contributed by atoms with Crippen LogP contribution in [-0.2, 0) is 14.2 Å². The summed E-state index contributed by atoms with van der Waals surface area (Å²) in [5.74, 6) is 0.571. The number of rotatable bonds is 5. The van der Waals surface area contributed by atoms with E-state index in [0.717, 1.165) is 19.4 Å². The molecule has 0 amide bonds. The SMILES string of the molecule is CNC(C1CCOC2(CCCCC2)C1)C(OC)OC. The summed E-state index contributed by atoms with van der Waals surface area (Å²) in [4.78, 5) is 0. The van der Waals surface area contributed by atoms with Gasteiger partial charge in [-0.2, -0.15) is 0 Å². The largest absolute Gasteiger partial charge is 0.375 e. The first-order valence-corrected chi connectivity index (χ1v) is 7.61. The molecule has 2 atom stereocenters. The molecule has 1 aliphatic carbocycles. The van der Waals surface area contributed by atoms with E-state index in [1.54, 1.807) is 14.2 Å². The Balaban J connectivity index is 2.02. The van der Waals surface area contributed by atoms with E-state index >= 15 is 0 Å². The summed E-state index contributed by atoms with van der Waals surface area (Å²) >= 11 is 0. The highest BCUT2D eigenvalue weighted by atomic mass is 16.7. The van der Waals surface area contributed by atoms with E-state index in [1.807, 2.05) is 7.05 Å².